The molecular weight excluding hydrogens is 388 g/mol. The van der Waals surface area contributed by atoms with E-state index in [1.165, 1.54) is 0 Å². The Morgan fingerprint density at radius 1 is 1.17 bits per heavy atom. The molecule has 0 radical (unpaired) electrons. The molecule has 0 bridgehead atoms. The molecule has 4 atom stereocenters. The number of aldehydes is 1. The first-order valence-electron chi connectivity index (χ1n) is 10.2. The van der Waals surface area contributed by atoms with Crippen molar-refractivity contribution in [3.05, 3.63) is 35.5 Å². The first kappa shape index (κ1) is 23.6. The average molecular weight is 418 g/mol. The van der Waals surface area contributed by atoms with Crippen LogP contribution in [0, 0.1) is 17.8 Å². The second-order valence-corrected chi connectivity index (χ2v) is 8.36. The molecule has 164 valence electrons. The van der Waals surface area contributed by atoms with Crippen molar-refractivity contribution in [3.8, 4) is 0 Å². The molecular formula is C23H30O7. The summed E-state index contributed by atoms with van der Waals surface area (Å²) in [5.74, 6) is -3.41. The van der Waals surface area contributed by atoms with Crippen LogP contribution in [0.1, 0.15) is 47.5 Å². The van der Waals surface area contributed by atoms with E-state index in [0.717, 1.165) is 5.57 Å². The lowest BCUT2D eigenvalue weighted by Gasteiger charge is -2.33. The Morgan fingerprint density at radius 2 is 1.77 bits per heavy atom. The quantitative estimate of drug-likeness (QED) is 0.223. The van der Waals surface area contributed by atoms with Crippen molar-refractivity contribution >= 4 is 24.2 Å². The molecule has 0 aromatic carbocycles. The molecule has 0 aromatic heterocycles. The van der Waals surface area contributed by atoms with Gasteiger partial charge in [0, 0.05) is 11.1 Å². The summed E-state index contributed by atoms with van der Waals surface area (Å²) in [7, 11) is 0. The van der Waals surface area contributed by atoms with Gasteiger partial charge in [0.15, 0.2) is 12.2 Å². The van der Waals surface area contributed by atoms with Crippen molar-refractivity contribution in [2.45, 2.75) is 65.8 Å². The molecule has 0 unspecified atom stereocenters. The number of carbonyl (C=O) groups excluding carboxylic acids is 4. The van der Waals surface area contributed by atoms with Crippen LogP contribution in [0.2, 0.25) is 0 Å². The van der Waals surface area contributed by atoms with Crippen molar-refractivity contribution in [2.75, 3.05) is 0 Å². The summed E-state index contributed by atoms with van der Waals surface area (Å²) in [6, 6.07) is 0. The third-order valence-corrected chi connectivity index (χ3v) is 5.18. The number of ether oxygens (including phenoxy) is 3. The highest BCUT2D eigenvalue weighted by Crippen LogP contribution is 2.37. The molecule has 7 heteroatoms. The van der Waals surface area contributed by atoms with Crippen molar-refractivity contribution < 1.29 is 33.4 Å². The van der Waals surface area contributed by atoms with E-state index < -0.39 is 54.0 Å². The number of fused-ring (bicyclic) bond motifs is 1. The maximum atomic E-state index is 12.5. The van der Waals surface area contributed by atoms with Gasteiger partial charge in [-0.1, -0.05) is 45.9 Å². The number of esters is 3. The highest BCUT2D eigenvalue weighted by molar-refractivity contribution is 5.91. The Morgan fingerprint density at radius 3 is 2.33 bits per heavy atom. The van der Waals surface area contributed by atoms with E-state index >= 15 is 0 Å². The zero-order chi connectivity index (χ0) is 22.6. The number of hydrogen-bond donors (Lipinski definition) is 0. The molecule has 0 aromatic rings. The topological polar surface area (TPSA) is 96.0 Å². The van der Waals surface area contributed by atoms with Gasteiger partial charge in [0.2, 0.25) is 0 Å². The van der Waals surface area contributed by atoms with Crippen LogP contribution in [0.3, 0.4) is 0 Å². The van der Waals surface area contributed by atoms with Gasteiger partial charge >= 0.3 is 17.9 Å². The van der Waals surface area contributed by atoms with Gasteiger partial charge in [0.05, 0.1) is 17.8 Å². The normalized spacial score (nSPS) is 30.5. The second-order valence-electron chi connectivity index (χ2n) is 8.36. The molecule has 1 aliphatic carbocycles. The van der Waals surface area contributed by atoms with Gasteiger partial charge in [-0.2, -0.15) is 0 Å². The summed E-state index contributed by atoms with van der Waals surface area (Å²) in [6.45, 7) is 12.4. The molecule has 0 N–H and O–H groups in total. The lowest BCUT2D eigenvalue weighted by molar-refractivity contribution is -0.174. The number of hydrogen-bond acceptors (Lipinski definition) is 7. The van der Waals surface area contributed by atoms with Gasteiger partial charge in [-0.15, -0.1) is 0 Å². The van der Waals surface area contributed by atoms with Crippen LogP contribution in [-0.2, 0) is 33.4 Å². The lowest BCUT2D eigenvalue weighted by Crippen LogP contribution is -2.46. The fourth-order valence-electron chi connectivity index (χ4n) is 3.37. The van der Waals surface area contributed by atoms with E-state index in [4.69, 9.17) is 14.2 Å². The van der Waals surface area contributed by atoms with Crippen LogP contribution in [0.4, 0.5) is 0 Å². The summed E-state index contributed by atoms with van der Waals surface area (Å²) < 4.78 is 16.9. The number of allylic oxidation sites excluding steroid dienone is 2. The zero-order valence-corrected chi connectivity index (χ0v) is 18.2. The van der Waals surface area contributed by atoms with Gasteiger partial charge in [-0.25, -0.2) is 4.79 Å². The van der Waals surface area contributed by atoms with Gasteiger partial charge in [0.1, 0.15) is 12.4 Å². The zero-order valence-electron chi connectivity index (χ0n) is 18.2. The maximum Gasteiger partial charge on any atom is 0.334 e. The predicted molar refractivity (Wildman–Crippen MR) is 109 cm³/mol. The lowest BCUT2D eigenvalue weighted by atomic mass is 9.83. The van der Waals surface area contributed by atoms with E-state index in [1.54, 1.807) is 39.8 Å². The molecule has 1 saturated heterocycles. The minimum Gasteiger partial charge on any atom is -0.457 e. The van der Waals surface area contributed by atoms with Gasteiger partial charge in [0.25, 0.3) is 0 Å². The minimum atomic E-state index is -1.18. The number of carbonyl (C=O) groups is 4. The summed E-state index contributed by atoms with van der Waals surface area (Å²) in [5, 5.41) is 0. The Hall–Kier alpha value is -2.70. The summed E-state index contributed by atoms with van der Waals surface area (Å²) >= 11 is 0. The van der Waals surface area contributed by atoms with Crippen LogP contribution < -0.4 is 0 Å². The summed E-state index contributed by atoms with van der Waals surface area (Å²) in [5.41, 5.74) is 1.26. The van der Waals surface area contributed by atoms with E-state index in [2.05, 4.69) is 6.58 Å². The molecule has 7 nitrogen and oxygen atoms in total. The third-order valence-electron chi connectivity index (χ3n) is 5.18. The maximum absolute atomic E-state index is 12.5. The largest absolute Gasteiger partial charge is 0.457 e. The van der Waals surface area contributed by atoms with Crippen molar-refractivity contribution in [1.82, 2.24) is 0 Å². The van der Waals surface area contributed by atoms with E-state index in [-0.39, 0.29) is 11.1 Å². The molecule has 0 spiro atoms. The SMILES string of the molecule is C=C1C(=O)O[C@@H]2/C=C(/C)CC/C=C(/C=O)[C@H](OC(=O)C(C)C)[C@@H](OC(=O)C(C)C)[C@@H]12. The molecule has 30 heavy (non-hydrogen) atoms. The standard InChI is InChI=1S/C23H30O7/c1-12(2)21(25)29-19-16(11-24)9-7-8-14(5)10-17-18(15(6)23(27)28-17)20(19)30-22(26)13(3)4/h9-13,17-20H,6-8H2,1-5H3/b14-10-,16-9-/t17-,18+,19+,20+/m1/s1. The first-order chi connectivity index (χ1) is 14.1. The molecule has 0 saturated carbocycles. The van der Waals surface area contributed by atoms with Crippen LogP contribution in [0.15, 0.2) is 35.5 Å². The average Bonchev–Trinajstić information content (AvgIpc) is 2.94. The van der Waals surface area contributed by atoms with Crippen LogP contribution in [0.5, 0.6) is 0 Å². The van der Waals surface area contributed by atoms with Crippen molar-refractivity contribution in [1.29, 1.82) is 0 Å². The third kappa shape index (κ3) is 5.26. The summed E-state index contributed by atoms with van der Waals surface area (Å²) in [6.07, 6.45) is 2.19. The molecule has 1 aliphatic heterocycles. The van der Waals surface area contributed by atoms with Crippen LogP contribution in [0.25, 0.3) is 0 Å². The van der Waals surface area contributed by atoms with Crippen molar-refractivity contribution in [3.63, 3.8) is 0 Å². The summed E-state index contributed by atoms with van der Waals surface area (Å²) in [4.78, 5) is 49.2. The van der Waals surface area contributed by atoms with Gasteiger partial charge in [-0.05, 0) is 25.8 Å². The molecule has 1 heterocycles. The Bertz CT molecular complexity index is 787. The highest BCUT2D eigenvalue weighted by atomic mass is 16.6. The Balaban J connectivity index is 2.63. The van der Waals surface area contributed by atoms with E-state index in [1.807, 2.05) is 6.92 Å². The molecule has 0 amide bonds. The number of rotatable bonds is 5. The van der Waals surface area contributed by atoms with Gasteiger partial charge in [-0.3, -0.25) is 14.4 Å². The predicted octanol–water partition coefficient (Wildman–Crippen LogP) is 3.09. The van der Waals surface area contributed by atoms with Gasteiger partial charge < -0.3 is 14.2 Å². The second kappa shape index (κ2) is 9.87. The van der Waals surface area contributed by atoms with E-state index in [0.29, 0.717) is 19.1 Å². The fourth-order valence-corrected chi connectivity index (χ4v) is 3.37. The van der Waals surface area contributed by atoms with E-state index in [9.17, 15) is 19.2 Å². The van der Waals surface area contributed by atoms with Crippen molar-refractivity contribution in [2.24, 2.45) is 17.8 Å². The smallest absolute Gasteiger partial charge is 0.334 e. The monoisotopic (exact) mass is 418 g/mol. The molecule has 1 fully saturated rings. The minimum absolute atomic E-state index is 0.113. The highest BCUT2D eigenvalue weighted by Gasteiger charge is 2.49. The van der Waals surface area contributed by atoms with Crippen LogP contribution in [-0.4, -0.2) is 42.5 Å². The Labute approximate surface area is 177 Å². The van der Waals surface area contributed by atoms with Crippen LogP contribution >= 0.6 is 0 Å². The first-order valence-corrected chi connectivity index (χ1v) is 10.2. The molecule has 2 rings (SSSR count). The Kier molecular flexibility index (Phi) is 7.76. The fraction of sp³-hybridized carbons (Fsp3) is 0.565. The molecule has 2 aliphatic rings.